The molecule has 1 saturated carbocycles. The van der Waals surface area contributed by atoms with Crippen LogP contribution < -0.4 is 5.73 Å². The summed E-state index contributed by atoms with van der Waals surface area (Å²) in [5.74, 6) is 0. The summed E-state index contributed by atoms with van der Waals surface area (Å²) in [4.78, 5) is 5.41. The number of nitrogens with zero attached hydrogens (tertiary/aromatic N) is 2. The molecular weight excluding hydrogens is 258 g/mol. The molecule has 0 aromatic rings. The van der Waals surface area contributed by atoms with Gasteiger partial charge in [-0.25, -0.2) is 0 Å². The van der Waals surface area contributed by atoms with Crippen LogP contribution in [0.5, 0.6) is 0 Å². The zero-order valence-electron chi connectivity index (χ0n) is 14.1. The molecule has 3 rings (SSSR count). The molecule has 1 unspecified atom stereocenters. The Morgan fingerprint density at radius 1 is 0.810 bits per heavy atom. The monoisotopic (exact) mass is 293 g/mol. The summed E-state index contributed by atoms with van der Waals surface area (Å²) in [7, 11) is 0. The largest absolute Gasteiger partial charge is 0.329 e. The van der Waals surface area contributed by atoms with Crippen LogP contribution in [-0.4, -0.2) is 54.6 Å². The molecule has 0 amide bonds. The van der Waals surface area contributed by atoms with E-state index in [1.165, 1.54) is 90.5 Å². The van der Waals surface area contributed by atoms with Crippen LogP contribution in [0.15, 0.2) is 0 Å². The predicted molar refractivity (Wildman–Crippen MR) is 89.5 cm³/mol. The fourth-order valence-electron chi connectivity index (χ4n) is 5.28. The van der Waals surface area contributed by atoms with Gasteiger partial charge in [0.2, 0.25) is 0 Å². The number of likely N-dealkylation sites (tertiary alicyclic amines) is 2. The minimum Gasteiger partial charge on any atom is -0.329 e. The zero-order valence-corrected chi connectivity index (χ0v) is 14.1. The van der Waals surface area contributed by atoms with E-state index >= 15 is 0 Å². The van der Waals surface area contributed by atoms with Crippen molar-refractivity contribution in [1.29, 1.82) is 0 Å². The number of piperidine rings is 1. The molecule has 3 fully saturated rings. The second-order valence-corrected chi connectivity index (χ2v) is 7.91. The fourth-order valence-corrected chi connectivity index (χ4v) is 5.28. The maximum Gasteiger partial charge on any atom is 0.0344 e. The van der Waals surface area contributed by atoms with Crippen LogP contribution in [0, 0.1) is 5.41 Å². The summed E-state index contributed by atoms with van der Waals surface area (Å²) in [5.41, 5.74) is 7.35. The van der Waals surface area contributed by atoms with E-state index in [1.54, 1.807) is 0 Å². The third kappa shape index (κ3) is 3.16. The second kappa shape index (κ2) is 6.55. The van der Waals surface area contributed by atoms with Crippen molar-refractivity contribution >= 4 is 0 Å². The summed E-state index contributed by atoms with van der Waals surface area (Å²) in [6.07, 6.45) is 12.8. The van der Waals surface area contributed by atoms with Gasteiger partial charge in [0.25, 0.3) is 0 Å². The Labute approximate surface area is 131 Å². The maximum absolute atomic E-state index is 6.31. The summed E-state index contributed by atoms with van der Waals surface area (Å²) in [5, 5.41) is 0. The molecule has 0 bridgehead atoms. The second-order valence-electron chi connectivity index (χ2n) is 7.91. The highest BCUT2D eigenvalue weighted by Crippen LogP contribution is 2.47. The van der Waals surface area contributed by atoms with Gasteiger partial charge in [-0.05, 0) is 83.1 Å². The number of rotatable bonds is 3. The Balaban J connectivity index is 1.63. The molecule has 1 aliphatic carbocycles. The predicted octanol–water partition coefficient (Wildman–Crippen LogP) is 2.85. The Kier molecular flexibility index (Phi) is 4.92. The number of hydrogen-bond acceptors (Lipinski definition) is 3. The van der Waals surface area contributed by atoms with Gasteiger partial charge in [0.1, 0.15) is 0 Å². The summed E-state index contributed by atoms with van der Waals surface area (Å²) in [6, 6.07) is 0. The van der Waals surface area contributed by atoms with E-state index in [1.807, 2.05) is 0 Å². The Morgan fingerprint density at radius 2 is 1.52 bits per heavy atom. The van der Waals surface area contributed by atoms with Crippen molar-refractivity contribution in [1.82, 2.24) is 9.80 Å². The van der Waals surface area contributed by atoms with Gasteiger partial charge < -0.3 is 10.6 Å². The summed E-state index contributed by atoms with van der Waals surface area (Å²) in [6.45, 7) is 9.49. The lowest BCUT2D eigenvalue weighted by molar-refractivity contribution is 0.0134. The molecule has 122 valence electrons. The maximum atomic E-state index is 6.31. The van der Waals surface area contributed by atoms with E-state index in [2.05, 4.69) is 16.7 Å². The molecule has 3 aliphatic rings. The lowest BCUT2D eigenvalue weighted by atomic mass is 9.75. The van der Waals surface area contributed by atoms with Crippen LogP contribution in [0.4, 0.5) is 0 Å². The summed E-state index contributed by atoms with van der Waals surface area (Å²) < 4.78 is 0. The van der Waals surface area contributed by atoms with Gasteiger partial charge in [-0.15, -0.1) is 0 Å². The molecule has 1 atom stereocenters. The SMILES string of the molecule is CCN1CCCC(CN)(N2CCC3(CCCC3)CC2)CC1. The molecule has 0 aromatic carbocycles. The van der Waals surface area contributed by atoms with E-state index < -0.39 is 0 Å². The van der Waals surface area contributed by atoms with Crippen molar-refractivity contribution in [3.63, 3.8) is 0 Å². The van der Waals surface area contributed by atoms with Gasteiger partial charge in [0.05, 0.1) is 0 Å². The third-order valence-electron chi connectivity index (χ3n) is 7.00. The van der Waals surface area contributed by atoms with Gasteiger partial charge in [0, 0.05) is 12.1 Å². The van der Waals surface area contributed by atoms with Gasteiger partial charge in [-0.3, -0.25) is 4.90 Å². The molecule has 1 spiro atoms. The third-order valence-corrected chi connectivity index (χ3v) is 7.00. The molecule has 3 nitrogen and oxygen atoms in total. The first-order chi connectivity index (χ1) is 10.2. The highest BCUT2D eigenvalue weighted by molar-refractivity contribution is 4.99. The molecule has 2 heterocycles. The van der Waals surface area contributed by atoms with Crippen LogP contribution in [0.2, 0.25) is 0 Å². The van der Waals surface area contributed by atoms with Crippen molar-refractivity contribution in [2.75, 3.05) is 39.3 Å². The molecule has 2 N–H and O–H groups in total. The molecule has 3 heteroatoms. The molecule has 2 saturated heterocycles. The van der Waals surface area contributed by atoms with Crippen LogP contribution in [0.3, 0.4) is 0 Å². The minimum absolute atomic E-state index is 0.310. The Hall–Kier alpha value is -0.120. The van der Waals surface area contributed by atoms with Gasteiger partial charge in [-0.2, -0.15) is 0 Å². The Bertz CT molecular complexity index is 327. The van der Waals surface area contributed by atoms with Crippen LogP contribution in [-0.2, 0) is 0 Å². The van der Waals surface area contributed by atoms with Gasteiger partial charge in [0.15, 0.2) is 0 Å². The van der Waals surface area contributed by atoms with Gasteiger partial charge >= 0.3 is 0 Å². The number of nitrogens with two attached hydrogens (primary N) is 1. The minimum atomic E-state index is 0.310. The van der Waals surface area contributed by atoms with E-state index in [0.717, 1.165) is 12.0 Å². The van der Waals surface area contributed by atoms with Gasteiger partial charge in [-0.1, -0.05) is 19.8 Å². The lowest BCUT2D eigenvalue weighted by Gasteiger charge is -2.49. The fraction of sp³-hybridized carbons (Fsp3) is 1.00. The van der Waals surface area contributed by atoms with Crippen molar-refractivity contribution in [3.05, 3.63) is 0 Å². The quantitative estimate of drug-likeness (QED) is 0.868. The molecular formula is C18H35N3. The average molecular weight is 293 g/mol. The van der Waals surface area contributed by atoms with Crippen molar-refractivity contribution in [2.45, 2.75) is 70.3 Å². The normalized spacial score (nSPS) is 35.1. The van der Waals surface area contributed by atoms with Crippen LogP contribution in [0.25, 0.3) is 0 Å². The standard InChI is InChI=1S/C18H35N3/c1-2-20-12-5-8-18(16-19,11-13-20)21-14-9-17(10-15-21)6-3-4-7-17/h2-16,19H2,1H3. The number of hydrogen-bond donors (Lipinski definition) is 1. The molecule has 21 heavy (non-hydrogen) atoms. The van der Waals surface area contributed by atoms with Crippen molar-refractivity contribution in [2.24, 2.45) is 11.1 Å². The van der Waals surface area contributed by atoms with E-state index in [-0.39, 0.29) is 0 Å². The zero-order chi connectivity index (χ0) is 14.8. The van der Waals surface area contributed by atoms with E-state index in [0.29, 0.717) is 5.54 Å². The van der Waals surface area contributed by atoms with Crippen molar-refractivity contribution in [3.8, 4) is 0 Å². The lowest BCUT2D eigenvalue weighted by Crippen LogP contribution is -2.57. The smallest absolute Gasteiger partial charge is 0.0344 e. The molecule has 0 radical (unpaired) electrons. The highest BCUT2D eigenvalue weighted by Gasteiger charge is 2.43. The van der Waals surface area contributed by atoms with E-state index in [4.69, 9.17) is 5.73 Å². The topological polar surface area (TPSA) is 32.5 Å². The Morgan fingerprint density at radius 3 is 2.14 bits per heavy atom. The van der Waals surface area contributed by atoms with Crippen LogP contribution in [0.1, 0.15) is 64.7 Å². The summed E-state index contributed by atoms with van der Waals surface area (Å²) >= 11 is 0. The van der Waals surface area contributed by atoms with Crippen molar-refractivity contribution < 1.29 is 0 Å². The highest BCUT2D eigenvalue weighted by atomic mass is 15.2. The first kappa shape index (κ1) is 15.8. The first-order valence-corrected chi connectivity index (χ1v) is 9.39. The molecule has 2 aliphatic heterocycles. The van der Waals surface area contributed by atoms with Crippen LogP contribution >= 0.6 is 0 Å². The van der Waals surface area contributed by atoms with E-state index in [9.17, 15) is 0 Å². The first-order valence-electron chi connectivity index (χ1n) is 9.39. The average Bonchev–Trinajstić information content (AvgIpc) is 2.86. The molecule has 0 aromatic heterocycles.